The first-order valence-electron chi connectivity index (χ1n) is 34.2. The number of benzene rings is 2. The number of ether oxygens (including phenoxy) is 16. The van der Waals surface area contributed by atoms with Crippen LogP contribution < -0.4 is 0 Å². The Morgan fingerprint density at radius 2 is 1.14 bits per heavy atom. The molecule has 0 aromatic heterocycles. The van der Waals surface area contributed by atoms with Crippen LogP contribution in [0.5, 0.6) is 0 Å². The standard InChI is InChI=1S/C71H102O26/c1-36-59(94-53-32-46(83-9)60(37(2)87-53)95-54-33-47(84-10)61(38(3)88-54)96-66-58(77)63(85-11)62(39(4)89-66)97-65-57(76)56(75)55(74)48(35-72)92-65)45(82-8)31-52(86-36)91-44-25-26-67(6)43(30-44)24-27-70(80)49(67)34-50(93-64(78)42-20-16-13-17-21-42)68(7)69(79,28-29-71(68,70)81)40(5)90-51(73)23-22-41-18-14-12-15-19-41/h12-24,36-40,44-50,52-63,65-66,72,74-77,79-81H,25-35H2,1-11H3/b23-22+/t36-,37-,38-,39-,40?,44+,45+,46+,47-,48-,49-,50?,52+,53+,54+,55-,56+,57-,58-,59-,60-,61-,62-,63+,65+,66+,67+,68-,69+,70+,71-/m1/s1. The molecule has 0 bridgehead atoms. The van der Waals surface area contributed by atoms with E-state index in [1.54, 1.807) is 78.3 Å². The Bertz CT molecular complexity index is 3020. The lowest BCUT2D eigenvalue weighted by molar-refractivity contribution is -0.374. The Balaban J connectivity index is 0.695. The summed E-state index contributed by atoms with van der Waals surface area (Å²) in [6.45, 7) is 11.9. The first-order chi connectivity index (χ1) is 46.2. The van der Waals surface area contributed by atoms with E-state index in [0.717, 1.165) is 11.1 Å². The topological polar surface area (TPSA) is 344 Å². The number of hydrogen-bond donors (Lipinski definition) is 8. The predicted molar refractivity (Wildman–Crippen MR) is 340 cm³/mol. The first kappa shape index (κ1) is 74.2. The fraction of sp³-hybridized carbons (Fsp3) is 0.746. The van der Waals surface area contributed by atoms with Gasteiger partial charge in [-0.05, 0) is 109 Å². The van der Waals surface area contributed by atoms with Crippen molar-refractivity contribution in [2.45, 2.75) is 283 Å². The third-order valence-electron chi connectivity index (χ3n) is 23.2. The summed E-state index contributed by atoms with van der Waals surface area (Å²) in [6.07, 6.45) is -16.1. The lowest BCUT2D eigenvalue weighted by Crippen LogP contribution is -2.78. The van der Waals surface area contributed by atoms with Gasteiger partial charge in [-0.25, -0.2) is 9.59 Å². The fourth-order valence-corrected chi connectivity index (χ4v) is 17.6. The molecule has 2 aromatic rings. The molecule has 4 aliphatic carbocycles. The van der Waals surface area contributed by atoms with Gasteiger partial charge in [0.15, 0.2) is 31.5 Å². The summed E-state index contributed by atoms with van der Waals surface area (Å²) in [5.74, 6) is -1.99. The second kappa shape index (κ2) is 30.1. The van der Waals surface area contributed by atoms with Crippen LogP contribution in [0.15, 0.2) is 78.4 Å². The van der Waals surface area contributed by atoms with E-state index in [-0.39, 0.29) is 50.2 Å². The van der Waals surface area contributed by atoms with E-state index in [9.17, 15) is 50.4 Å². The van der Waals surface area contributed by atoms with Gasteiger partial charge < -0.3 is 117 Å². The number of rotatable bonds is 21. The summed E-state index contributed by atoms with van der Waals surface area (Å²) in [7, 11) is 6.10. The molecule has 97 heavy (non-hydrogen) atoms. The molecule has 11 rings (SSSR count). The van der Waals surface area contributed by atoms with Gasteiger partial charge in [0.25, 0.3) is 0 Å². The Hall–Kier alpha value is -4.02. The second-order valence-corrected chi connectivity index (χ2v) is 28.5. The number of methoxy groups -OCH3 is 4. The summed E-state index contributed by atoms with van der Waals surface area (Å²) < 4.78 is 100. The molecule has 0 spiro atoms. The lowest BCUT2D eigenvalue weighted by Gasteiger charge is -2.67. The van der Waals surface area contributed by atoms with Crippen molar-refractivity contribution < 1.29 is 126 Å². The molecule has 8 fully saturated rings. The van der Waals surface area contributed by atoms with Crippen LogP contribution in [-0.4, -0.2) is 258 Å². The van der Waals surface area contributed by atoms with Crippen molar-refractivity contribution in [1.29, 1.82) is 0 Å². The van der Waals surface area contributed by atoms with Crippen molar-refractivity contribution in [3.05, 3.63) is 89.5 Å². The zero-order chi connectivity index (χ0) is 69.7. The minimum atomic E-state index is -2.02. The van der Waals surface area contributed by atoms with Gasteiger partial charge in [-0.1, -0.05) is 74.0 Å². The van der Waals surface area contributed by atoms with Gasteiger partial charge in [0.1, 0.15) is 90.1 Å². The van der Waals surface area contributed by atoms with E-state index in [2.05, 4.69) is 6.92 Å². The molecule has 2 aromatic carbocycles. The zero-order valence-electron chi connectivity index (χ0n) is 57.2. The van der Waals surface area contributed by atoms with Gasteiger partial charge in [-0.15, -0.1) is 0 Å². The molecular formula is C71H102O26. The maximum absolute atomic E-state index is 14.2. The second-order valence-electron chi connectivity index (χ2n) is 28.5. The number of fused-ring (bicyclic) bond motifs is 5. The van der Waals surface area contributed by atoms with Crippen molar-refractivity contribution in [3.8, 4) is 0 Å². The monoisotopic (exact) mass is 1370 g/mol. The third-order valence-corrected chi connectivity index (χ3v) is 23.2. The number of esters is 2. The summed E-state index contributed by atoms with van der Waals surface area (Å²) in [6, 6.07) is 17.8. The lowest BCUT2D eigenvalue weighted by atomic mass is 9.42. The van der Waals surface area contributed by atoms with Crippen molar-refractivity contribution in [2.24, 2.45) is 16.7 Å². The fourth-order valence-electron chi connectivity index (χ4n) is 17.6. The molecule has 5 aliphatic heterocycles. The molecule has 542 valence electrons. The van der Waals surface area contributed by atoms with Crippen molar-refractivity contribution in [1.82, 2.24) is 0 Å². The Kier molecular flexibility index (Phi) is 23.0. The van der Waals surface area contributed by atoms with E-state index in [1.807, 2.05) is 50.3 Å². The highest BCUT2D eigenvalue weighted by atomic mass is 16.8. The maximum Gasteiger partial charge on any atom is 0.338 e. The quantitative estimate of drug-likeness (QED) is 0.0502. The van der Waals surface area contributed by atoms with E-state index in [0.29, 0.717) is 25.7 Å². The number of carbonyl (C=O) groups excluding carboxylic acids is 2. The zero-order valence-corrected chi connectivity index (χ0v) is 57.2. The third kappa shape index (κ3) is 14.0. The largest absolute Gasteiger partial charge is 0.458 e. The number of aliphatic hydroxyl groups excluding tert-OH is 5. The maximum atomic E-state index is 14.2. The molecule has 0 radical (unpaired) electrons. The van der Waals surface area contributed by atoms with Gasteiger partial charge in [-0.2, -0.15) is 0 Å². The van der Waals surface area contributed by atoms with Gasteiger partial charge in [0.05, 0.1) is 66.4 Å². The minimum Gasteiger partial charge on any atom is -0.458 e. The molecule has 5 saturated heterocycles. The predicted octanol–water partition coefficient (Wildman–Crippen LogP) is 3.69. The summed E-state index contributed by atoms with van der Waals surface area (Å²) >= 11 is 0. The van der Waals surface area contributed by atoms with E-state index < -0.39 is 200 Å². The molecule has 0 amide bonds. The van der Waals surface area contributed by atoms with Crippen LogP contribution in [0.1, 0.15) is 129 Å². The average Bonchev–Trinajstić information content (AvgIpc) is 1.59. The van der Waals surface area contributed by atoms with Crippen molar-refractivity contribution >= 4 is 18.0 Å². The number of aliphatic hydroxyl groups is 8. The molecule has 26 nitrogen and oxygen atoms in total. The SMILES string of the molecule is CO[C@H]1[C@@H](O)[C@H](O[C@@H]2[C@@H](C)O[C@@H](O[C@H]3[C@@H](OC)C[C@H](O[C@H]4[C@@H](OC)C[C@H](O[C@H]5CC[C@@]6(C)C(=CC[C@]7(O)[C@@H]6CC(OC(=O)c6ccccc6)[C@@]6(C)[C@]7(O)CC[C@]6(O)C(C)OC(=O)/C=C/c6ccccc6)C5)O[C@@H]4C)O[C@@H]3C)C[C@H]2OC)O[C@H](C)[C@H]1O[C@@H]1O[C@H](CO)[C@@H](O)[C@H](O)[C@H]1O. The molecule has 9 aliphatic rings. The van der Waals surface area contributed by atoms with Gasteiger partial charge >= 0.3 is 11.9 Å². The molecule has 3 saturated carbocycles. The average molecular weight is 1370 g/mol. The number of hydrogen-bond acceptors (Lipinski definition) is 26. The van der Waals surface area contributed by atoms with E-state index in [4.69, 9.17) is 75.8 Å². The van der Waals surface area contributed by atoms with Gasteiger partial charge in [0.2, 0.25) is 0 Å². The van der Waals surface area contributed by atoms with Crippen LogP contribution in [0.25, 0.3) is 6.08 Å². The minimum absolute atomic E-state index is 0.0472. The van der Waals surface area contributed by atoms with Crippen LogP contribution in [0.2, 0.25) is 0 Å². The van der Waals surface area contributed by atoms with Crippen LogP contribution in [0.4, 0.5) is 0 Å². The molecule has 31 atom stereocenters. The summed E-state index contributed by atoms with van der Waals surface area (Å²) in [5, 5.41) is 92.5. The Morgan fingerprint density at radius 1 is 0.608 bits per heavy atom. The highest BCUT2D eigenvalue weighted by Gasteiger charge is 2.82. The summed E-state index contributed by atoms with van der Waals surface area (Å²) in [4.78, 5) is 27.6. The normalized spacial score (nSPS) is 46.5. The molecule has 26 heteroatoms. The van der Waals surface area contributed by atoms with Gasteiger partial charge in [0, 0.05) is 59.7 Å². The van der Waals surface area contributed by atoms with Gasteiger partial charge in [-0.3, -0.25) is 0 Å². The van der Waals surface area contributed by atoms with Crippen molar-refractivity contribution in [2.75, 3.05) is 35.0 Å². The first-order valence-corrected chi connectivity index (χ1v) is 34.2. The van der Waals surface area contributed by atoms with Crippen molar-refractivity contribution in [3.63, 3.8) is 0 Å². The van der Waals surface area contributed by atoms with E-state index in [1.165, 1.54) is 20.3 Å². The summed E-state index contributed by atoms with van der Waals surface area (Å²) in [5.41, 5.74) is -6.10. The van der Waals surface area contributed by atoms with Crippen LogP contribution >= 0.6 is 0 Å². The van der Waals surface area contributed by atoms with Crippen LogP contribution in [-0.2, 0) is 80.6 Å². The van der Waals surface area contributed by atoms with E-state index >= 15 is 0 Å². The molecule has 5 heterocycles. The Labute approximate surface area is 566 Å². The van der Waals surface area contributed by atoms with Crippen LogP contribution in [0, 0.1) is 16.7 Å². The molecule has 2 unspecified atom stereocenters. The smallest absolute Gasteiger partial charge is 0.338 e. The Morgan fingerprint density at radius 3 is 1.71 bits per heavy atom. The molecular weight excluding hydrogens is 1270 g/mol. The number of carbonyl (C=O) groups is 2. The van der Waals surface area contributed by atoms with Crippen LogP contribution in [0.3, 0.4) is 0 Å². The molecule has 8 N–H and O–H groups in total. The highest BCUT2D eigenvalue weighted by Crippen LogP contribution is 2.71. The highest BCUT2D eigenvalue weighted by molar-refractivity contribution is 5.89.